The molecule has 3 aliphatic carbocycles. The number of pyridine rings is 2. The molecular weight excluding hydrogens is 1630 g/mol. The second-order valence-corrected chi connectivity index (χ2v) is 38.2. The summed E-state index contributed by atoms with van der Waals surface area (Å²) in [6, 6.07) is 150. The van der Waals surface area contributed by atoms with E-state index in [1.807, 2.05) is 37.1 Å². The molecule has 27 rings (SSSR count). The average molecular weight is 1720 g/mol. The van der Waals surface area contributed by atoms with E-state index in [0.717, 1.165) is 16.8 Å². The molecule has 3 heterocycles. The fraction of sp³-hybridized carbons (Fsp3) is 0.0687. The third-order valence-corrected chi connectivity index (χ3v) is 29.7. The highest BCUT2D eigenvalue weighted by molar-refractivity contribution is 6.25. The highest BCUT2D eigenvalue weighted by atomic mass is 14.8. The number of aromatic nitrogens is 4. The standard InChI is InChI=1S/2C44H31N.C43H30N2/c1-44(2)40-16-8-7-13-34(40)35-21-20-32(26-41(35)44)42-36-14-5-6-15-37(36)43(33-12-9-23-45-27-33)38-22-19-31(25-39(38)42)30-18-17-28-10-3-4-11-29(28)24-30;1-44(2)40-14-8-7-11-34(40)35-19-18-33(27-41(35)44)43-37-13-6-5-12-36(37)42(29-21-23-45-24-22-29)38-20-17-32(26-39(38)43)31-16-15-28-9-3-4-10-30(28)25-31;1-43(2)38-14-8-7-11-32(38)33-19-18-31(25-39(33)43)41-34-12-5-6-13-35(34)42(40-26-44-21-22-45-40)36-20-17-30(24-37(36)41)29-16-15-27-9-3-4-10-28(27)23-29/h2*3-27H,1-2H3;3-26H,1-2H3. The van der Waals surface area contributed by atoms with E-state index in [2.05, 4.69) is 457 Å². The summed E-state index contributed by atoms with van der Waals surface area (Å²) in [5.74, 6) is 0. The number of benzene rings is 21. The fourth-order valence-electron chi connectivity index (χ4n) is 23.0. The van der Waals surface area contributed by atoms with Crippen LogP contribution in [0.4, 0.5) is 0 Å². The second kappa shape index (κ2) is 31.8. The lowest BCUT2D eigenvalue weighted by Crippen LogP contribution is -2.14. The van der Waals surface area contributed by atoms with Crippen molar-refractivity contribution >= 4 is 97.0 Å². The highest BCUT2D eigenvalue weighted by Gasteiger charge is 2.39. The quantitative estimate of drug-likeness (QED) is 0.135. The molecule has 0 saturated heterocycles. The van der Waals surface area contributed by atoms with Crippen molar-refractivity contribution in [1.29, 1.82) is 0 Å². The number of fused-ring (bicyclic) bond motifs is 18. The monoisotopic (exact) mass is 1720 g/mol. The Morgan fingerprint density at radius 3 is 0.807 bits per heavy atom. The predicted octanol–water partition coefficient (Wildman–Crippen LogP) is 34.9. The van der Waals surface area contributed by atoms with Crippen LogP contribution in [-0.2, 0) is 16.2 Å². The van der Waals surface area contributed by atoms with Crippen LogP contribution in [0, 0.1) is 0 Å². The Balaban J connectivity index is 0.000000108. The smallest absolute Gasteiger partial charge is 0.0897 e. The largest absolute Gasteiger partial charge is 0.265 e. The zero-order chi connectivity index (χ0) is 90.4. The summed E-state index contributed by atoms with van der Waals surface area (Å²) in [5, 5.41) is 22.4. The topological polar surface area (TPSA) is 51.6 Å². The minimum absolute atomic E-state index is 0.0687. The van der Waals surface area contributed by atoms with Gasteiger partial charge in [-0.2, -0.15) is 0 Å². The van der Waals surface area contributed by atoms with Crippen LogP contribution in [0.25, 0.3) is 231 Å². The van der Waals surface area contributed by atoms with E-state index in [1.54, 1.807) is 12.4 Å². The van der Waals surface area contributed by atoms with Gasteiger partial charge in [-0.25, -0.2) is 0 Å². The van der Waals surface area contributed by atoms with Gasteiger partial charge in [0.1, 0.15) is 0 Å². The summed E-state index contributed by atoms with van der Waals surface area (Å²) >= 11 is 0. The summed E-state index contributed by atoms with van der Waals surface area (Å²) < 4.78 is 0. The van der Waals surface area contributed by atoms with Crippen LogP contribution in [0.5, 0.6) is 0 Å². The van der Waals surface area contributed by atoms with Crippen LogP contribution >= 0.6 is 0 Å². The lowest BCUT2D eigenvalue weighted by atomic mass is 9.80. The maximum absolute atomic E-state index is 4.79. The molecule has 0 radical (unpaired) electrons. The van der Waals surface area contributed by atoms with Gasteiger partial charge in [0, 0.05) is 64.6 Å². The summed E-state index contributed by atoms with van der Waals surface area (Å²) in [6.45, 7) is 14.2. The molecule has 0 bridgehead atoms. The van der Waals surface area contributed by atoms with Crippen molar-refractivity contribution in [2.24, 2.45) is 0 Å². The predicted molar refractivity (Wildman–Crippen MR) is 570 cm³/mol. The van der Waals surface area contributed by atoms with Crippen LogP contribution in [0.2, 0.25) is 0 Å². The Morgan fingerprint density at radius 1 is 0.156 bits per heavy atom. The Morgan fingerprint density at radius 2 is 0.444 bits per heavy atom. The number of rotatable bonds is 9. The molecule has 636 valence electrons. The van der Waals surface area contributed by atoms with Crippen molar-refractivity contribution < 1.29 is 0 Å². The molecule has 0 N–H and O–H groups in total. The van der Waals surface area contributed by atoms with Gasteiger partial charge in [-0.1, -0.05) is 375 Å². The van der Waals surface area contributed by atoms with E-state index >= 15 is 0 Å². The second-order valence-electron chi connectivity index (χ2n) is 38.2. The van der Waals surface area contributed by atoms with Gasteiger partial charge in [-0.15, -0.1) is 0 Å². The van der Waals surface area contributed by atoms with Gasteiger partial charge in [-0.05, 0) is 320 Å². The normalized spacial score (nSPS) is 13.3. The van der Waals surface area contributed by atoms with E-state index in [-0.39, 0.29) is 16.2 Å². The summed E-state index contributed by atoms with van der Waals surface area (Å²) in [5.41, 5.74) is 37.9. The molecular formula is C131H92N4. The van der Waals surface area contributed by atoms with Crippen molar-refractivity contribution in [2.75, 3.05) is 0 Å². The molecule has 0 unspecified atom stereocenters. The molecule has 0 amide bonds. The van der Waals surface area contributed by atoms with Gasteiger partial charge in [0.25, 0.3) is 0 Å². The van der Waals surface area contributed by atoms with Crippen molar-refractivity contribution in [3.05, 3.63) is 483 Å². The minimum atomic E-state index is -0.0800. The van der Waals surface area contributed by atoms with Crippen molar-refractivity contribution in [1.82, 2.24) is 19.9 Å². The Labute approximate surface area is 786 Å². The molecule has 0 saturated carbocycles. The third-order valence-electron chi connectivity index (χ3n) is 29.7. The minimum Gasteiger partial charge on any atom is -0.265 e. The Kier molecular flexibility index (Phi) is 19.0. The van der Waals surface area contributed by atoms with Crippen molar-refractivity contribution in [3.8, 4) is 134 Å². The fourth-order valence-corrected chi connectivity index (χ4v) is 23.0. The molecule has 0 spiro atoms. The number of nitrogens with zero attached hydrogens (tertiary/aromatic N) is 4. The molecule has 4 heteroatoms. The lowest BCUT2D eigenvalue weighted by molar-refractivity contribution is 0.660. The van der Waals surface area contributed by atoms with Gasteiger partial charge in [0.2, 0.25) is 0 Å². The summed E-state index contributed by atoms with van der Waals surface area (Å²) in [4.78, 5) is 18.1. The van der Waals surface area contributed by atoms with E-state index < -0.39 is 0 Å². The first-order valence-electron chi connectivity index (χ1n) is 47.0. The van der Waals surface area contributed by atoms with E-state index in [0.29, 0.717) is 0 Å². The molecule has 135 heavy (non-hydrogen) atoms. The van der Waals surface area contributed by atoms with Crippen molar-refractivity contribution in [2.45, 2.75) is 57.8 Å². The molecule has 24 aromatic rings. The van der Waals surface area contributed by atoms with Crippen LogP contribution in [0.3, 0.4) is 0 Å². The SMILES string of the molecule is CC1(C)c2ccccc2-c2ccc(-c3c4ccccc4c(-c4cccnc4)c4ccc(-c5ccc6ccccc6c5)cc34)cc21.CC1(C)c2ccccc2-c2ccc(-c3c4ccccc4c(-c4ccncc4)c4ccc(-c5ccc6ccccc6c5)cc34)cc21.CC1(C)c2ccccc2-c2ccc(-c3c4ccccc4c(-c4cnccn4)c4ccc(-c5ccc6ccccc6c5)cc34)cc21. The molecule has 0 aliphatic heterocycles. The van der Waals surface area contributed by atoms with Gasteiger partial charge in [0.05, 0.1) is 11.9 Å². The van der Waals surface area contributed by atoms with E-state index in [4.69, 9.17) is 4.98 Å². The zero-order valence-corrected chi connectivity index (χ0v) is 76.0. The molecule has 4 nitrogen and oxygen atoms in total. The van der Waals surface area contributed by atoms with Crippen LogP contribution in [0.15, 0.2) is 450 Å². The van der Waals surface area contributed by atoms with Crippen LogP contribution in [0.1, 0.15) is 74.9 Å². The lowest BCUT2D eigenvalue weighted by Gasteiger charge is -2.23. The summed E-state index contributed by atoms with van der Waals surface area (Å²) in [6.07, 6.45) is 13.0. The maximum Gasteiger partial charge on any atom is 0.0897 e. The van der Waals surface area contributed by atoms with Crippen LogP contribution < -0.4 is 0 Å². The van der Waals surface area contributed by atoms with Gasteiger partial charge in [0.15, 0.2) is 0 Å². The van der Waals surface area contributed by atoms with E-state index in [1.165, 1.54) is 247 Å². The first kappa shape index (κ1) is 80.4. The van der Waals surface area contributed by atoms with Crippen molar-refractivity contribution in [3.63, 3.8) is 0 Å². The maximum atomic E-state index is 4.79. The van der Waals surface area contributed by atoms with Gasteiger partial charge in [-0.3, -0.25) is 19.9 Å². The first-order chi connectivity index (χ1) is 66.2. The van der Waals surface area contributed by atoms with Gasteiger partial charge < -0.3 is 0 Å². The average Bonchev–Trinajstić information content (AvgIpc) is 1.64. The summed E-state index contributed by atoms with van der Waals surface area (Å²) in [7, 11) is 0. The van der Waals surface area contributed by atoms with Gasteiger partial charge >= 0.3 is 0 Å². The molecule has 0 fully saturated rings. The third kappa shape index (κ3) is 13.2. The molecule has 3 aliphatic rings. The molecule has 21 aromatic carbocycles. The molecule has 0 atom stereocenters. The number of hydrogen-bond donors (Lipinski definition) is 0. The Hall–Kier alpha value is -16.7. The molecule has 3 aromatic heterocycles. The Bertz CT molecular complexity index is 8180. The number of hydrogen-bond acceptors (Lipinski definition) is 4. The first-order valence-corrected chi connectivity index (χ1v) is 47.0. The van der Waals surface area contributed by atoms with Crippen LogP contribution in [-0.4, -0.2) is 19.9 Å². The van der Waals surface area contributed by atoms with E-state index in [9.17, 15) is 0 Å². The zero-order valence-electron chi connectivity index (χ0n) is 76.0. The highest BCUT2D eigenvalue weighted by Crippen LogP contribution is 2.57.